The third-order valence-corrected chi connectivity index (χ3v) is 0.882. The van der Waals surface area contributed by atoms with Gasteiger partial charge in [-0.25, -0.2) is 0 Å². The molecule has 1 rings (SSSR count). The zero-order valence-electron chi connectivity index (χ0n) is 5.62. The van der Waals surface area contributed by atoms with Gasteiger partial charge in [-0.1, -0.05) is 12.1 Å². The average molecular weight is 248 g/mol. The van der Waals surface area contributed by atoms with Crippen LogP contribution in [-0.2, 0) is 27.2 Å². The Hall–Kier alpha value is -0.770. The van der Waals surface area contributed by atoms with E-state index < -0.39 is 0 Å². The van der Waals surface area contributed by atoms with Crippen LogP contribution in [0.25, 0.3) is 0 Å². The maximum Gasteiger partial charge on any atom is 0.157 e. The third-order valence-electron chi connectivity index (χ3n) is 0.882. The van der Waals surface area contributed by atoms with E-state index in [1.165, 1.54) is 12.1 Å². The van der Waals surface area contributed by atoms with Gasteiger partial charge in [0.2, 0.25) is 0 Å². The van der Waals surface area contributed by atoms with Gasteiger partial charge in [-0.2, -0.15) is 0 Å². The van der Waals surface area contributed by atoms with Crippen LogP contribution in [0, 0.1) is 0 Å². The van der Waals surface area contributed by atoms with Crippen molar-refractivity contribution in [2.75, 3.05) is 0 Å². The maximum absolute atomic E-state index is 8.67. The molecule has 0 aliphatic heterocycles. The van der Waals surface area contributed by atoms with Gasteiger partial charge < -0.3 is 15.0 Å². The molecule has 1 radical (unpaired) electrons. The molecular formula is C7H8AgO3. The molecule has 2 N–H and O–H groups in total. The first kappa shape index (κ1) is 12.9. The molecule has 0 spiro atoms. The van der Waals surface area contributed by atoms with Crippen molar-refractivity contribution < 1.29 is 37.4 Å². The SMILES string of the molecule is C=O.Oc1ccccc1O.[Ag]. The quantitative estimate of drug-likeness (QED) is 0.530. The van der Waals surface area contributed by atoms with Gasteiger partial charge in [0.15, 0.2) is 11.5 Å². The van der Waals surface area contributed by atoms with Crippen molar-refractivity contribution >= 4 is 6.79 Å². The van der Waals surface area contributed by atoms with Crippen molar-refractivity contribution in [1.29, 1.82) is 0 Å². The normalized spacial score (nSPS) is 6.91. The minimum atomic E-state index is -0.0764. The smallest absolute Gasteiger partial charge is 0.157 e. The van der Waals surface area contributed by atoms with Crippen LogP contribution in [0.3, 0.4) is 0 Å². The van der Waals surface area contributed by atoms with Gasteiger partial charge in [-0.3, -0.25) is 0 Å². The Morgan fingerprint density at radius 2 is 1.27 bits per heavy atom. The molecule has 0 aliphatic carbocycles. The number of aromatic hydroxyl groups is 2. The molecule has 0 aromatic heterocycles. The molecule has 0 aliphatic rings. The second-order valence-corrected chi connectivity index (χ2v) is 1.49. The Morgan fingerprint density at radius 1 is 1.00 bits per heavy atom. The molecule has 65 valence electrons. The Balaban J connectivity index is 0. The van der Waals surface area contributed by atoms with Gasteiger partial charge in [0.1, 0.15) is 6.79 Å². The van der Waals surface area contributed by atoms with Crippen LogP contribution in [0.2, 0.25) is 0 Å². The maximum atomic E-state index is 8.67. The largest absolute Gasteiger partial charge is 0.504 e. The summed E-state index contributed by atoms with van der Waals surface area (Å²) in [6.45, 7) is 2.00. The molecule has 0 amide bonds. The number of rotatable bonds is 0. The van der Waals surface area contributed by atoms with Crippen molar-refractivity contribution in [3.8, 4) is 11.5 Å². The summed E-state index contributed by atoms with van der Waals surface area (Å²) >= 11 is 0. The number of para-hydroxylation sites is 2. The number of benzene rings is 1. The molecule has 0 unspecified atom stereocenters. The summed E-state index contributed by atoms with van der Waals surface area (Å²) in [5, 5.41) is 17.3. The summed E-state index contributed by atoms with van der Waals surface area (Å²) in [6, 6.07) is 6.15. The second kappa shape index (κ2) is 7.34. The van der Waals surface area contributed by atoms with Gasteiger partial charge in [0, 0.05) is 22.4 Å². The molecule has 4 heteroatoms. The standard InChI is InChI=1S/C6H6O2.CH2O.Ag/c7-5-3-1-2-4-6(5)8;1-2;/h1-4,7-8H;1H2;. The number of carbonyl (C=O) groups is 1. The number of phenols is 2. The van der Waals surface area contributed by atoms with Crippen molar-refractivity contribution in [3.05, 3.63) is 24.3 Å². The zero-order valence-corrected chi connectivity index (χ0v) is 7.10. The number of carbonyl (C=O) groups excluding carboxylic acids is 1. The zero-order chi connectivity index (χ0) is 7.98. The second-order valence-electron chi connectivity index (χ2n) is 1.49. The van der Waals surface area contributed by atoms with Crippen LogP contribution in [-0.4, -0.2) is 17.0 Å². The van der Waals surface area contributed by atoms with E-state index in [1.807, 2.05) is 6.79 Å². The van der Waals surface area contributed by atoms with Crippen LogP contribution < -0.4 is 0 Å². The fourth-order valence-electron chi connectivity index (χ4n) is 0.464. The van der Waals surface area contributed by atoms with Crippen molar-refractivity contribution in [3.63, 3.8) is 0 Å². The fourth-order valence-corrected chi connectivity index (χ4v) is 0.464. The van der Waals surface area contributed by atoms with E-state index in [-0.39, 0.29) is 33.9 Å². The van der Waals surface area contributed by atoms with E-state index in [2.05, 4.69) is 0 Å². The number of hydrogen-bond donors (Lipinski definition) is 2. The summed E-state index contributed by atoms with van der Waals surface area (Å²) < 4.78 is 0. The Labute approximate surface area is 80.2 Å². The Kier molecular flexibility index (Phi) is 8.58. The Morgan fingerprint density at radius 3 is 1.45 bits per heavy atom. The van der Waals surface area contributed by atoms with Crippen LogP contribution in [0.5, 0.6) is 11.5 Å². The summed E-state index contributed by atoms with van der Waals surface area (Å²) in [4.78, 5) is 8.00. The first-order valence-electron chi connectivity index (χ1n) is 2.56. The summed E-state index contributed by atoms with van der Waals surface area (Å²) in [5.74, 6) is -0.153. The minimum absolute atomic E-state index is 0. The van der Waals surface area contributed by atoms with Crippen molar-refractivity contribution in [2.24, 2.45) is 0 Å². The van der Waals surface area contributed by atoms with E-state index in [4.69, 9.17) is 15.0 Å². The van der Waals surface area contributed by atoms with E-state index >= 15 is 0 Å². The van der Waals surface area contributed by atoms with Crippen LogP contribution in [0.4, 0.5) is 0 Å². The molecule has 1 aromatic rings. The van der Waals surface area contributed by atoms with Gasteiger partial charge in [-0.05, 0) is 12.1 Å². The van der Waals surface area contributed by atoms with E-state index in [0.717, 1.165) is 0 Å². The fraction of sp³-hybridized carbons (Fsp3) is 0. The molecule has 3 nitrogen and oxygen atoms in total. The molecule has 0 saturated carbocycles. The predicted molar refractivity (Wildman–Crippen MR) is 36.9 cm³/mol. The molecule has 0 saturated heterocycles. The number of hydrogen-bond acceptors (Lipinski definition) is 3. The summed E-state index contributed by atoms with van der Waals surface area (Å²) in [6.07, 6.45) is 0. The first-order valence-corrected chi connectivity index (χ1v) is 2.56. The van der Waals surface area contributed by atoms with Crippen LogP contribution in [0.1, 0.15) is 0 Å². The van der Waals surface area contributed by atoms with Crippen LogP contribution in [0.15, 0.2) is 24.3 Å². The molecule has 0 heterocycles. The molecule has 1 aromatic carbocycles. The third kappa shape index (κ3) is 4.61. The monoisotopic (exact) mass is 247 g/mol. The van der Waals surface area contributed by atoms with E-state index in [1.54, 1.807) is 12.1 Å². The molecule has 11 heavy (non-hydrogen) atoms. The molecule has 0 bridgehead atoms. The van der Waals surface area contributed by atoms with Gasteiger partial charge >= 0.3 is 0 Å². The van der Waals surface area contributed by atoms with E-state index in [0.29, 0.717) is 0 Å². The van der Waals surface area contributed by atoms with Gasteiger partial charge in [-0.15, -0.1) is 0 Å². The number of phenolic OH excluding ortho intramolecular Hbond substituents is 2. The van der Waals surface area contributed by atoms with E-state index in [9.17, 15) is 0 Å². The molecular weight excluding hydrogens is 240 g/mol. The Bertz CT molecular complexity index is 182. The van der Waals surface area contributed by atoms with Crippen molar-refractivity contribution in [2.45, 2.75) is 0 Å². The summed E-state index contributed by atoms with van der Waals surface area (Å²) in [7, 11) is 0. The summed E-state index contributed by atoms with van der Waals surface area (Å²) in [5.41, 5.74) is 0. The molecule has 0 atom stereocenters. The minimum Gasteiger partial charge on any atom is -0.504 e. The predicted octanol–water partition coefficient (Wildman–Crippen LogP) is 0.910. The van der Waals surface area contributed by atoms with Crippen molar-refractivity contribution in [1.82, 2.24) is 0 Å². The topological polar surface area (TPSA) is 57.5 Å². The average Bonchev–Trinajstić information content (AvgIpc) is 2.00. The molecule has 0 fully saturated rings. The van der Waals surface area contributed by atoms with Gasteiger partial charge in [0.25, 0.3) is 0 Å². The van der Waals surface area contributed by atoms with Gasteiger partial charge in [0.05, 0.1) is 0 Å². The first-order chi connectivity index (χ1) is 4.80. The van der Waals surface area contributed by atoms with Crippen LogP contribution >= 0.6 is 0 Å².